The van der Waals surface area contributed by atoms with Gasteiger partial charge < -0.3 is 15.5 Å². The highest BCUT2D eigenvalue weighted by atomic mass is 32.1. The van der Waals surface area contributed by atoms with Crippen LogP contribution in [0.4, 0.5) is 0 Å². The second kappa shape index (κ2) is 3.55. The van der Waals surface area contributed by atoms with E-state index in [1.165, 1.54) is 0 Å². The van der Waals surface area contributed by atoms with E-state index in [1.807, 2.05) is 0 Å². The number of hydrazine groups is 1. The Balaban J connectivity index is 2.33. The van der Waals surface area contributed by atoms with E-state index < -0.39 is 0 Å². The average Bonchev–Trinajstić information content (AvgIpc) is 2.30. The van der Waals surface area contributed by atoms with E-state index in [0.717, 1.165) is 6.42 Å². The van der Waals surface area contributed by atoms with E-state index in [9.17, 15) is 0 Å². The molecule has 5 heteroatoms. The lowest BCUT2D eigenvalue weighted by Gasteiger charge is -2.16. The first-order chi connectivity index (χ1) is 5.53. The number of ether oxygens (including phenoxy) is 1. The molecule has 0 aromatic carbocycles. The average molecular weight is 189 g/mol. The van der Waals surface area contributed by atoms with Crippen molar-refractivity contribution in [3.63, 3.8) is 0 Å². The molecule has 0 bridgehead atoms. The zero-order chi connectivity index (χ0) is 9.19. The van der Waals surface area contributed by atoms with Crippen molar-refractivity contribution in [2.75, 3.05) is 6.61 Å². The zero-order valence-corrected chi connectivity index (χ0v) is 8.20. The summed E-state index contributed by atoms with van der Waals surface area (Å²) >= 11 is 4.86. The Labute approximate surface area is 77.8 Å². The van der Waals surface area contributed by atoms with Gasteiger partial charge in [-0.25, -0.2) is 5.84 Å². The van der Waals surface area contributed by atoms with E-state index in [2.05, 4.69) is 24.6 Å². The molecule has 0 radical (unpaired) electrons. The van der Waals surface area contributed by atoms with Crippen molar-refractivity contribution in [2.45, 2.75) is 31.9 Å². The van der Waals surface area contributed by atoms with Crippen LogP contribution in [0, 0.1) is 0 Å². The number of thiocarbonyl (C=S) groups is 1. The molecule has 0 amide bonds. The van der Waals surface area contributed by atoms with Gasteiger partial charge in [-0.2, -0.15) is 0 Å². The predicted octanol–water partition coefficient (Wildman–Crippen LogP) is -0.108. The number of nitrogens with one attached hydrogen (secondary N) is 2. The predicted molar refractivity (Wildman–Crippen MR) is 51.5 cm³/mol. The van der Waals surface area contributed by atoms with Gasteiger partial charge in [0.25, 0.3) is 0 Å². The van der Waals surface area contributed by atoms with Crippen LogP contribution in [-0.2, 0) is 4.74 Å². The SMILES string of the molecule is CC1(C)CC(NC(=S)NN)CO1. The van der Waals surface area contributed by atoms with Crippen molar-refractivity contribution in [3.05, 3.63) is 0 Å². The molecule has 1 fully saturated rings. The minimum Gasteiger partial charge on any atom is -0.373 e. The summed E-state index contributed by atoms with van der Waals surface area (Å²) in [7, 11) is 0. The summed E-state index contributed by atoms with van der Waals surface area (Å²) in [6.45, 7) is 4.82. The summed E-state index contributed by atoms with van der Waals surface area (Å²) in [5.41, 5.74) is 2.34. The summed E-state index contributed by atoms with van der Waals surface area (Å²) in [5.74, 6) is 5.12. The van der Waals surface area contributed by atoms with Crippen molar-refractivity contribution >= 4 is 17.3 Å². The first-order valence-corrected chi connectivity index (χ1v) is 4.35. The second-order valence-corrected chi connectivity index (χ2v) is 4.00. The number of hydrogen-bond donors (Lipinski definition) is 3. The van der Waals surface area contributed by atoms with Crippen LogP contribution >= 0.6 is 12.2 Å². The van der Waals surface area contributed by atoms with Crippen LogP contribution in [-0.4, -0.2) is 23.4 Å². The number of nitrogens with two attached hydrogens (primary N) is 1. The fourth-order valence-corrected chi connectivity index (χ4v) is 1.52. The fraction of sp³-hybridized carbons (Fsp3) is 0.857. The van der Waals surface area contributed by atoms with Crippen LogP contribution < -0.4 is 16.6 Å². The van der Waals surface area contributed by atoms with Crippen LogP contribution in [0.25, 0.3) is 0 Å². The summed E-state index contributed by atoms with van der Waals surface area (Å²) in [6, 6.07) is 0.281. The van der Waals surface area contributed by atoms with Crippen molar-refractivity contribution in [3.8, 4) is 0 Å². The maximum Gasteiger partial charge on any atom is 0.180 e. The van der Waals surface area contributed by atoms with Gasteiger partial charge in [0.15, 0.2) is 5.11 Å². The molecular formula is C7H15N3OS. The van der Waals surface area contributed by atoms with E-state index in [4.69, 9.17) is 22.8 Å². The lowest BCUT2D eigenvalue weighted by atomic mass is 10.0. The molecule has 12 heavy (non-hydrogen) atoms. The first kappa shape index (κ1) is 9.70. The van der Waals surface area contributed by atoms with Gasteiger partial charge in [-0.1, -0.05) is 0 Å². The molecule has 1 saturated heterocycles. The first-order valence-electron chi connectivity index (χ1n) is 3.94. The van der Waals surface area contributed by atoms with E-state index >= 15 is 0 Å². The largest absolute Gasteiger partial charge is 0.373 e. The smallest absolute Gasteiger partial charge is 0.180 e. The van der Waals surface area contributed by atoms with Crippen molar-refractivity contribution in [2.24, 2.45) is 5.84 Å². The Morgan fingerprint density at radius 2 is 2.33 bits per heavy atom. The summed E-state index contributed by atoms with van der Waals surface area (Å²) in [5, 5.41) is 3.53. The Kier molecular flexibility index (Phi) is 2.87. The molecule has 1 aliphatic heterocycles. The third-order valence-corrected chi connectivity index (χ3v) is 2.12. The van der Waals surface area contributed by atoms with Crippen LogP contribution in [0.3, 0.4) is 0 Å². The second-order valence-electron chi connectivity index (χ2n) is 3.59. The van der Waals surface area contributed by atoms with Gasteiger partial charge in [-0.3, -0.25) is 0 Å². The molecule has 0 aromatic heterocycles. The Morgan fingerprint density at radius 1 is 1.67 bits per heavy atom. The molecular weight excluding hydrogens is 174 g/mol. The molecule has 1 heterocycles. The molecule has 0 spiro atoms. The number of hydrogen-bond acceptors (Lipinski definition) is 3. The minimum absolute atomic E-state index is 0.0398. The normalized spacial score (nSPS) is 26.8. The van der Waals surface area contributed by atoms with Gasteiger partial charge in [-0.05, 0) is 32.5 Å². The molecule has 0 aliphatic carbocycles. The molecule has 1 aliphatic rings. The van der Waals surface area contributed by atoms with Gasteiger partial charge >= 0.3 is 0 Å². The van der Waals surface area contributed by atoms with Crippen LogP contribution in [0.15, 0.2) is 0 Å². The molecule has 1 unspecified atom stereocenters. The van der Waals surface area contributed by atoms with Crippen molar-refractivity contribution in [1.82, 2.24) is 10.7 Å². The van der Waals surface area contributed by atoms with Crippen molar-refractivity contribution in [1.29, 1.82) is 0 Å². The molecule has 0 aromatic rings. The highest BCUT2D eigenvalue weighted by Crippen LogP contribution is 2.24. The molecule has 4 N–H and O–H groups in total. The quantitative estimate of drug-likeness (QED) is 0.305. The van der Waals surface area contributed by atoms with E-state index in [1.54, 1.807) is 0 Å². The molecule has 1 rings (SSSR count). The molecule has 4 nitrogen and oxygen atoms in total. The van der Waals surface area contributed by atoms with Crippen molar-refractivity contribution < 1.29 is 4.74 Å². The number of rotatable bonds is 1. The van der Waals surface area contributed by atoms with Crippen LogP contribution in [0.5, 0.6) is 0 Å². The Bertz CT molecular complexity index is 183. The third kappa shape index (κ3) is 2.58. The molecule has 0 saturated carbocycles. The maximum absolute atomic E-state index is 5.51. The highest BCUT2D eigenvalue weighted by Gasteiger charge is 2.31. The summed E-state index contributed by atoms with van der Waals surface area (Å²) < 4.78 is 5.51. The third-order valence-electron chi connectivity index (χ3n) is 1.88. The van der Waals surface area contributed by atoms with Crippen LogP contribution in [0.2, 0.25) is 0 Å². The highest BCUT2D eigenvalue weighted by molar-refractivity contribution is 7.80. The monoisotopic (exact) mass is 189 g/mol. The fourth-order valence-electron chi connectivity index (χ4n) is 1.36. The Morgan fingerprint density at radius 3 is 2.75 bits per heavy atom. The van der Waals surface area contributed by atoms with Gasteiger partial charge in [0.2, 0.25) is 0 Å². The van der Waals surface area contributed by atoms with Crippen LogP contribution in [0.1, 0.15) is 20.3 Å². The lowest BCUT2D eigenvalue weighted by Crippen LogP contribution is -2.45. The molecule has 70 valence electrons. The van der Waals surface area contributed by atoms with Gasteiger partial charge in [0, 0.05) is 0 Å². The van der Waals surface area contributed by atoms with E-state index in [0.29, 0.717) is 11.7 Å². The topological polar surface area (TPSA) is 59.3 Å². The summed E-state index contributed by atoms with van der Waals surface area (Å²) in [6.07, 6.45) is 0.953. The standard InChI is InChI=1S/C7H15N3OS/c1-7(2)3-5(4-11-7)9-6(12)10-8/h5H,3-4,8H2,1-2H3,(H2,9,10,12). The van der Waals surface area contributed by atoms with E-state index in [-0.39, 0.29) is 11.6 Å². The zero-order valence-electron chi connectivity index (χ0n) is 7.39. The van der Waals surface area contributed by atoms with Gasteiger partial charge in [-0.15, -0.1) is 0 Å². The Hall–Kier alpha value is -0.390. The van der Waals surface area contributed by atoms with Gasteiger partial charge in [0.05, 0.1) is 18.2 Å². The van der Waals surface area contributed by atoms with Gasteiger partial charge in [0.1, 0.15) is 0 Å². The lowest BCUT2D eigenvalue weighted by molar-refractivity contribution is 0.0359. The minimum atomic E-state index is -0.0398. The summed E-state index contributed by atoms with van der Waals surface area (Å²) in [4.78, 5) is 0. The maximum atomic E-state index is 5.51. The molecule has 1 atom stereocenters.